The van der Waals surface area contributed by atoms with Crippen molar-refractivity contribution in [3.63, 3.8) is 0 Å². The summed E-state index contributed by atoms with van der Waals surface area (Å²) < 4.78 is 16.3. The van der Waals surface area contributed by atoms with Crippen molar-refractivity contribution in [3.8, 4) is 0 Å². The number of hydrogen-bond donors (Lipinski definition) is 2. The van der Waals surface area contributed by atoms with Crippen molar-refractivity contribution in [3.05, 3.63) is 120 Å². The second-order valence-electron chi connectivity index (χ2n) is 7.27. The van der Waals surface area contributed by atoms with Crippen LogP contribution in [0.5, 0.6) is 0 Å². The van der Waals surface area contributed by atoms with Gasteiger partial charge >= 0.3 is 8.25 Å². The van der Waals surface area contributed by atoms with Crippen LogP contribution in [0.15, 0.2) is 97.3 Å². The lowest BCUT2D eigenvalue weighted by molar-refractivity contribution is 0.0921. The highest BCUT2D eigenvalue weighted by Crippen LogP contribution is 2.40. The molecule has 1 atom stereocenters. The molecule has 8 heteroatoms. The van der Waals surface area contributed by atoms with Crippen LogP contribution in [0, 0.1) is 0 Å². The molecule has 4 aromatic rings. The summed E-state index contributed by atoms with van der Waals surface area (Å²) in [4.78, 5) is 18.9. The van der Waals surface area contributed by atoms with E-state index in [1.807, 2.05) is 29.2 Å². The van der Waals surface area contributed by atoms with Gasteiger partial charge in [-0.25, -0.2) is 9.67 Å². The van der Waals surface area contributed by atoms with Crippen LogP contribution in [0.1, 0.15) is 42.0 Å². The van der Waals surface area contributed by atoms with Gasteiger partial charge in [0.25, 0.3) is 0 Å². The van der Waals surface area contributed by atoms with Gasteiger partial charge in [0.05, 0.1) is 0 Å². The van der Waals surface area contributed by atoms with E-state index in [9.17, 15) is 0 Å². The third kappa shape index (κ3) is 5.46. The molecule has 33 heavy (non-hydrogen) atoms. The summed E-state index contributed by atoms with van der Waals surface area (Å²) in [6, 6.07) is 31.4. The molecule has 1 unspecified atom stereocenters. The molecule has 7 nitrogen and oxygen atoms in total. The highest BCUT2D eigenvalue weighted by atomic mass is 31.1. The Morgan fingerprint density at radius 3 is 1.61 bits per heavy atom. The SMILES string of the molecule is CCC(OC)c1ncn(C(c2ccccc2)(c2ccccc2)c2ccccc2)n1.O=[PH](O)O. The molecule has 4 rings (SSSR count). The van der Waals surface area contributed by atoms with Crippen molar-refractivity contribution >= 4 is 8.25 Å². The average Bonchev–Trinajstić information content (AvgIpc) is 3.32. The standard InChI is InChI=1S/C25H25N3O.H3O3P/c1-3-23(29-2)24-26-19-28(27-24)25(20-13-7-4-8-14-20,21-15-9-5-10-16-21)22-17-11-6-12-18-22;1-4(2)3/h4-19,23H,3H2,1-2H3;4H,(H2,1,2,3). The first kappa shape index (κ1) is 24.6. The Labute approximate surface area is 194 Å². The van der Waals surface area contributed by atoms with E-state index in [-0.39, 0.29) is 6.10 Å². The van der Waals surface area contributed by atoms with Crippen molar-refractivity contribution in [1.29, 1.82) is 0 Å². The number of hydrogen-bond acceptors (Lipinski definition) is 4. The fraction of sp³-hybridized carbons (Fsp3) is 0.200. The zero-order valence-corrected chi connectivity index (χ0v) is 19.6. The molecule has 0 aliphatic rings. The van der Waals surface area contributed by atoms with Gasteiger partial charge in [0.2, 0.25) is 0 Å². The maximum Gasteiger partial charge on any atom is 0.314 e. The van der Waals surface area contributed by atoms with Gasteiger partial charge in [-0.1, -0.05) is 97.9 Å². The Kier molecular flexibility index (Phi) is 8.69. The van der Waals surface area contributed by atoms with Crippen molar-refractivity contribution in [2.45, 2.75) is 25.0 Å². The highest BCUT2D eigenvalue weighted by molar-refractivity contribution is 7.30. The Morgan fingerprint density at radius 1 is 0.879 bits per heavy atom. The first-order valence-corrected chi connectivity index (χ1v) is 11.9. The maximum absolute atomic E-state index is 8.74. The van der Waals surface area contributed by atoms with E-state index >= 15 is 0 Å². The van der Waals surface area contributed by atoms with Crippen LogP contribution in [0.4, 0.5) is 0 Å². The lowest BCUT2D eigenvalue weighted by Gasteiger charge is -2.35. The zero-order chi connectivity index (χ0) is 23.7. The highest BCUT2D eigenvalue weighted by Gasteiger charge is 2.39. The molecule has 0 amide bonds. The monoisotopic (exact) mass is 465 g/mol. The summed E-state index contributed by atoms with van der Waals surface area (Å²) in [6.45, 7) is 2.08. The molecule has 2 N–H and O–H groups in total. The number of methoxy groups -OCH3 is 1. The first-order valence-electron chi connectivity index (χ1n) is 10.6. The van der Waals surface area contributed by atoms with E-state index in [4.69, 9.17) is 24.2 Å². The van der Waals surface area contributed by atoms with E-state index in [2.05, 4.69) is 84.7 Å². The van der Waals surface area contributed by atoms with Crippen LogP contribution in [0.25, 0.3) is 0 Å². The fourth-order valence-electron chi connectivity index (χ4n) is 3.97. The van der Waals surface area contributed by atoms with E-state index in [1.165, 1.54) is 0 Å². The van der Waals surface area contributed by atoms with E-state index in [0.29, 0.717) is 5.82 Å². The first-order chi connectivity index (χ1) is 16.0. The molecule has 0 saturated heterocycles. The van der Waals surface area contributed by atoms with E-state index in [1.54, 1.807) is 7.11 Å². The summed E-state index contributed by atoms with van der Waals surface area (Å²) in [6.07, 6.45) is 2.51. The number of nitrogens with zero attached hydrogens (tertiary/aromatic N) is 3. The summed E-state index contributed by atoms with van der Waals surface area (Å²) in [7, 11) is -1.43. The van der Waals surface area contributed by atoms with Gasteiger partial charge in [-0.3, -0.25) is 4.57 Å². The minimum absolute atomic E-state index is 0.128. The number of ether oxygens (including phenoxy) is 1. The van der Waals surface area contributed by atoms with Crippen LogP contribution in [0.3, 0.4) is 0 Å². The molecule has 0 saturated carbocycles. The van der Waals surface area contributed by atoms with Gasteiger partial charge < -0.3 is 14.5 Å². The molecular weight excluding hydrogens is 437 g/mol. The third-order valence-electron chi connectivity index (χ3n) is 5.37. The van der Waals surface area contributed by atoms with Crippen LogP contribution in [-0.4, -0.2) is 31.7 Å². The molecule has 1 aromatic heterocycles. The minimum atomic E-state index is -3.13. The van der Waals surface area contributed by atoms with Gasteiger partial charge in [-0.05, 0) is 23.1 Å². The predicted octanol–water partition coefficient (Wildman–Crippen LogP) is 4.58. The normalized spacial score (nSPS) is 12.2. The molecule has 0 radical (unpaired) electrons. The number of aromatic nitrogens is 3. The molecule has 0 aliphatic heterocycles. The second-order valence-corrected chi connectivity index (χ2v) is 7.84. The third-order valence-corrected chi connectivity index (χ3v) is 5.37. The van der Waals surface area contributed by atoms with E-state index in [0.717, 1.165) is 23.1 Å². The molecule has 0 spiro atoms. The number of benzene rings is 3. The molecule has 0 aliphatic carbocycles. The summed E-state index contributed by atoms with van der Waals surface area (Å²) >= 11 is 0. The molecule has 0 bridgehead atoms. The van der Waals surface area contributed by atoms with Crippen LogP contribution >= 0.6 is 8.25 Å². The van der Waals surface area contributed by atoms with Gasteiger partial charge in [0, 0.05) is 7.11 Å². The summed E-state index contributed by atoms with van der Waals surface area (Å²) in [5.41, 5.74) is 2.74. The molecule has 3 aromatic carbocycles. The summed E-state index contributed by atoms with van der Waals surface area (Å²) in [5.74, 6) is 0.696. The lowest BCUT2D eigenvalue weighted by Crippen LogP contribution is -2.38. The van der Waals surface area contributed by atoms with Gasteiger partial charge in [-0.2, -0.15) is 5.10 Å². The quantitative estimate of drug-likeness (QED) is 0.306. The van der Waals surface area contributed by atoms with Crippen molar-refractivity contribution < 1.29 is 19.1 Å². The second kappa shape index (κ2) is 11.7. The largest absolute Gasteiger partial charge is 0.373 e. The van der Waals surface area contributed by atoms with Gasteiger partial charge in [0.15, 0.2) is 5.82 Å². The Morgan fingerprint density at radius 2 is 1.27 bits per heavy atom. The smallest absolute Gasteiger partial charge is 0.314 e. The topological polar surface area (TPSA) is 97.5 Å². The number of rotatable bonds is 7. The average molecular weight is 465 g/mol. The fourth-order valence-corrected chi connectivity index (χ4v) is 3.97. The van der Waals surface area contributed by atoms with Crippen molar-refractivity contribution in [1.82, 2.24) is 14.8 Å². The Bertz CT molecular complexity index is 1030. The zero-order valence-electron chi connectivity index (χ0n) is 18.6. The predicted molar refractivity (Wildman–Crippen MR) is 128 cm³/mol. The summed E-state index contributed by atoms with van der Waals surface area (Å²) in [5, 5.41) is 4.93. The Balaban J connectivity index is 0.000000709. The van der Waals surface area contributed by atoms with Crippen molar-refractivity contribution in [2.75, 3.05) is 7.11 Å². The van der Waals surface area contributed by atoms with E-state index < -0.39 is 13.8 Å². The molecule has 1 heterocycles. The molecule has 0 fully saturated rings. The van der Waals surface area contributed by atoms with Crippen LogP contribution < -0.4 is 0 Å². The molecule has 172 valence electrons. The minimum Gasteiger partial charge on any atom is -0.373 e. The lowest BCUT2D eigenvalue weighted by atomic mass is 9.77. The van der Waals surface area contributed by atoms with Gasteiger partial charge in [0.1, 0.15) is 18.0 Å². The Hall–Kier alpha value is -3.09. The van der Waals surface area contributed by atoms with Gasteiger partial charge in [-0.15, -0.1) is 0 Å². The van der Waals surface area contributed by atoms with Crippen LogP contribution in [-0.2, 0) is 14.8 Å². The molecular formula is C25H28N3O4P. The van der Waals surface area contributed by atoms with Crippen molar-refractivity contribution in [2.24, 2.45) is 0 Å². The van der Waals surface area contributed by atoms with Crippen LogP contribution in [0.2, 0.25) is 0 Å². The maximum atomic E-state index is 8.74.